The maximum Gasteiger partial charge on any atom is 0.416 e. The minimum atomic E-state index is -4.76. The fourth-order valence-electron chi connectivity index (χ4n) is 3.46. The number of benzene rings is 1. The smallest absolute Gasteiger partial charge is 0.362 e. The van der Waals surface area contributed by atoms with Crippen molar-refractivity contribution < 1.29 is 30.9 Å². The molecule has 1 aromatic heterocycles. The number of aromatic nitrogens is 1. The Hall–Kier alpha value is -3.09. The molecular weight excluding hydrogens is 444 g/mol. The molecule has 0 radical (unpaired) electrons. The summed E-state index contributed by atoms with van der Waals surface area (Å²) < 4.78 is 78.0. The zero-order valence-electron chi connectivity index (χ0n) is 16.1. The molecule has 2 N–H and O–H groups in total. The second-order valence-electron chi connectivity index (χ2n) is 7.47. The molecule has 166 valence electrons. The molecule has 13 heteroatoms. The van der Waals surface area contributed by atoms with E-state index in [1.54, 1.807) is 0 Å². The van der Waals surface area contributed by atoms with Gasteiger partial charge in [0.05, 0.1) is 27.5 Å². The van der Waals surface area contributed by atoms with Crippen LogP contribution in [0.5, 0.6) is 0 Å². The molecule has 0 unspecified atom stereocenters. The van der Waals surface area contributed by atoms with Crippen molar-refractivity contribution in [1.82, 2.24) is 10.3 Å². The van der Waals surface area contributed by atoms with Crippen molar-refractivity contribution in [3.8, 4) is 0 Å². The largest absolute Gasteiger partial charge is 0.416 e. The van der Waals surface area contributed by atoms with E-state index in [9.17, 15) is 36.1 Å². The molecule has 2 atom stereocenters. The topological polar surface area (TPSA) is 126 Å². The van der Waals surface area contributed by atoms with Crippen LogP contribution in [-0.2, 0) is 26.3 Å². The van der Waals surface area contributed by atoms with E-state index in [1.807, 2.05) is 0 Å². The third-order valence-electron chi connectivity index (χ3n) is 5.31. The molecule has 0 amide bonds. The van der Waals surface area contributed by atoms with Gasteiger partial charge >= 0.3 is 6.18 Å². The highest BCUT2D eigenvalue weighted by Crippen LogP contribution is 2.42. The van der Waals surface area contributed by atoms with Gasteiger partial charge in [-0.3, -0.25) is 20.5 Å². The van der Waals surface area contributed by atoms with Crippen molar-refractivity contribution in [2.45, 2.75) is 30.3 Å². The first-order chi connectivity index (χ1) is 14.1. The first kappa shape index (κ1) is 22.6. The summed E-state index contributed by atoms with van der Waals surface area (Å²) in [6, 6.07) is 3.78. The molecule has 0 spiro atoms. The summed E-state index contributed by atoms with van der Waals surface area (Å²) in [5.74, 6) is -2.53. The summed E-state index contributed by atoms with van der Waals surface area (Å²) in [4.78, 5) is 14.0. The van der Waals surface area contributed by atoms with Crippen molar-refractivity contribution in [1.29, 1.82) is 5.41 Å². The maximum absolute atomic E-state index is 14.5. The third-order valence-corrected chi connectivity index (χ3v) is 7.92. The summed E-state index contributed by atoms with van der Waals surface area (Å²) in [5.41, 5.74) is -4.31. The van der Waals surface area contributed by atoms with Gasteiger partial charge in [-0.15, -0.1) is 0 Å². The van der Waals surface area contributed by atoms with Gasteiger partial charge < -0.3 is 5.32 Å². The van der Waals surface area contributed by atoms with Gasteiger partial charge in [0.1, 0.15) is 11.7 Å². The zero-order valence-corrected chi connectivity index (χ0v) is 16.9. The molecule has 0 saturated carbocycles. The van der Waals surface area contributed by atoms with E-state index in [-0.39, 0.29) is 5.56 Å². The maximum atomic E-state index is 14.5. The quantitative estimate of drug-likeness (QED) is 0.411. The number of nitrogens with one attached hydrogen (secondary N) is 2. The van der Waals surface area contributed by atoms with E-state index in [1.165, 1.54) is 6.92 Å². The molecule has 1 fully saturated rings. The van der Waals surface area contributed by atoms with Crippen LogP contribution in [0, 0.1) is 21.3 Å². The molecule has 0 bridgehead atoms. The van der Waals surface area contributed by atoms with E-state index in [0.717, 1.165) is 31.3 Å². The van der Waals surface area contributed by atoms with Crippen LogP contribution in [0.1, 0.15) is 30.7 Å². The highest BCUT2D eigenvalue weighted by atomic mass is 32.2. The van der Waals surface area contributed by atoms with E-state index < -0.39 is 65.6 Å². The number of halogens is 4. The molecule has 1 saturated heterocycles. The molecule has 2 aromatic rings. The van der Waals surface area contributed by atoms with E-state index in [4.69, 9.17) is 5.41 Å². The summed E-state index contributed by atoms with van der Waals surface area (Å²) in [6.07, 6.45) is -3.97. The van der Waals surface area contributed by atoms with Gasteiger partial charge in [-0.25, -0.2) is 12.8 Å². The van der Waals surface area contributed by atoms with E-state index in [2.05, 4.69) is 10.3 Å². The average molecular weight is 460 g/mol. The monoisotopic (exact) mass is 460 g/mol. The van der Waals surface area contributed by atoms with Gasteiger partial charge in [-0.1, -0.05) is 0 Å². The third kappa shape index (κ3) is 3.62. The molecule has 2 heterocycles. The number of non-ortho nitro benzene ring substituents is 1. The Kier molecular flexibility index (Phi) is 5.08. The number of nitrogens with zero attached hydrogens (tertiary/aromatic N) is 2. The van der Waals surface area contributed by atoms with Gasteiger partial charge in [0.25, 0.3) is 5.69 Å². The molecule has 0 aliphatic carbocycles. The number of nitro benzene ring substituents is 1. The Balaban J connectivity index is 2.13. The second-order valence-corrected chi connectivity index (χ2v) is 9.81. The van der Waals surface area contributed by atoms with E-state index >= 15 is 0 Å². The number of sulfone groups is 1. The van der Waals surface area contributed by atoms with Gasteiger partial charge in [0.2, 0.25) is 0 Å². The van der Waals surface area contributed by atoms with Crippen molar-refractivity contribution in [2.75, 3.05) is 5.75 Å². The predicted molar refractivity (Wildman–Crippen MR) is 102 cm³/mol. The first-order valence-corrected chi connectivity index (χ1v) is 10.3. The molecule has 1 aromatic carbocycles. The average Bonchev–Trinajstić information content (AvgIpc) is 2.65. The van der Waals surface area contributed by atoms with Gasteiger partial charge in [-0.05, 0) is 32.0 Å². The van der Waals surface area contributed by atoms with Crippen LogP contribution in [0.4, 0.5) is 23.2 Å². The Labute approximate surface area is 173 Å². The van der Waals surface area contributed by atoms with Crippen LogP contribution in [0.15, 0.2) is 36.5 Å². The van der Waals surface area contributed by atoms with Crippen molar-refractivity contribution in [3.05, 3.63) is 69.3 Å². The lowest BCUT2D eigenvalue weighted by Gasteiger charge is -2.44. The second kappa shape index (κ2) is 6.97. The highest BCUT2D eigenvalue weighted by molar-refractivity contribution is 7.93. The lowest BCUT2D eigenvalue weighted by molar-refractivity contribution is -0.385. The van der Waals surface area contributed by atoms with Crippen molar-refractivity contribution in [3.63, 3.8) is 0 Å². The highest BCUT2D eigenvalue weighted by Gasteiger charge is 2.56. The molecule has 3 rings (SSSR count). The molecular formula is C18H16F4N4O4S. The summed E-state index contributed by atoms with van der Waals surface area (Å²) in [6.45, 7) is 2.27. The van der Waals surface area contributed by atoms with Crippen molar-refractivity contribution >= 4 is 21.4 Å². The SMILES string of the molecule is C[C@@]1(c2cc([N+](=O)[O-])ccc2F)CS(=O)(=O)[C@@](C)(c2cc(C(F)(F)F)ccn2)C(=N)N1. The van der Waals surface area contributed by atoms with Crippen LogP contribution >= 0.6 is 0 Å². The van der Waals surface area contributed by atoms with Crippen LogP contribution in [0.25, 0.3) is 0 Å². The van der Waals surface area contributed by atoms with Gasteiger partial charge in [0.15, 0.2) is 14.6 Å². The Morgan fingerprint density at radius 3 is 2.42 bits per heavy atom. The standard InChI is InChI=1S/C18H16F4N4O4S/c1-16(12-8-11(26(27)28)3-4-13(12)19)9-31(29,30)17(2,15(23)25-16)14-7-10(5-6-24-14)18(20,21)22/h3-8H,9H2,1-2H3,(H2,23,25)/t16-,17-/m0/s1. The Morgan fingerprint density at radius 2 is 1.87 bits per heavy atom. The predicted octanol–water partition coefficient (Wildman–Crippen LogP) is 3.27. The summed E-state index contributed by atoms with van der Waals surface area (Å²) >= 11 is 0. The van der Waals surface area contributed by atoms with Crippen LogP contribution in [0.2, 0.25) is 0 Å². The lowest BCUT2D eigenvalue weighted by atomic mass is 9.90. The number of hydrogen-bond donors (Lipinski definition) is 2. The molecule has 1 aliphatic rings. The number of alkyl halides is 3. The number of pyridine rings is 1. The number of nitro groups is 1. The molecule has 31 heavy (non-hydrogen) atoms. The van der Waals surface area contributed by atoms with Crippen LogP contribution in [0.3, 0.4) is 0 Å². The summed E-state index contributed by atoms with van der Waals surface area (Å²) in [5, 5.41) is 21.9. The first-order valence-electron chi connectivity index (χ1n) is 8.69. The summed E-state index contributed by atoms with van der Waals surface area (Å²) in [7, 11) is -4.45. The van der Waals surface area contributed by atoms with E-state index in [0.29, 0.717) is 12.1 Å². The van der Waals surface area contributed by atoms with Crippen LogP contribution < -0.4 is 5.32 Å². The minimum Gasteiger partial charge on any atom is -0.362 e. The lowest BCUT2D eigenvalue weighted by Crippen LogP contribution is -2.63. The minimum absolute atomic E-state index is 0.367. The van der Waals surface area contributed by atoms with Gasteiger partial charge in [0, 0.05) is 23.9 Å². The fraction of sp³-hybridized carbons (Fsp3) is 0.333. The van der Waals surface area contributed by atoms with Crippen LogP contribution in [-0.4, -0.2) is 29.9 Å². The Morgan fingerprint density at radius 1 is 1.23 bits per heavy atom. The number of amidine groups is 1. The number of rotatable bonds is 3. The molecule has 1 aliphatic heterocycles. The fourth-order valence-corrected chi connectivity index (χ4v) is 5.53. The normalized spacial score (nSPS) is 25.7. The molecule has 8 nitrogen and oxygen atoms in total. The Bertz CT molecular complexity index is 1200. The number of hydrogen-bond acceptors (Lipinski definition) is 6. The zero-order chi connectivity index (χ0) is 23.4. The van der Waals surface area contributed by atoms with Crippen molar-refractivity contribution in [2.24, 2.45) is 0 Å². The van der Waals surface area contributed by atoms with Gasteiger partial charge in [-0.2, -0.15) is 13.2 Å².